The van der Waals surface area contributed by atoms with E-state index >= 15 is 4.39 Å². The number of fused-ring (bicyclic) bond motifs is 2. The van der Waals surface area contributed by atoms with E-state index in [4.69, 9.17) is 4.74 Å². The van der Waals surface area contributed by atoms with Gasteiger partial charge in [0.25, 0.3) is 0 Å². The predicted octanol–water partition coefficient (Wildman–Crippen LogP) is 5.03. The molecule has 0 aliphatic carbocycles. The van der Waals surface area contributed by atoms with Gasteiger partial charge in [0.1, 0.15) is 35.8 Å². The van der Waals surface area contributed by atoms with E-state index in [1.54, 1.807) is 16.8 Å². The van der Waals surface area contributed by atoms with Gasteiger partial charge < -0.3 is 15.4 Å². The number of hydrogen-bond acceptors (Lipinski definition) is 7. The third kappa shape index (κ3) is 4.06. The number of nitrogens with zero attached hydrogens (tertiary/aromatic N) is 5. The van der Waals surface area contributed by atoms with Crippen molar-refractivity contribution in [1.82, 2.24) is 29.9 Å². The molecule has 0 unspecified atom stereocenters. The molecule has 174 valence electrons. The first kappa shape index (κ1) is 21.2. The molecular weight excluding hydrogens is 445 g/mol. The van der Waals surface area contributed by atoms with Crippen LogP contribution in [0.4, 0.5) is 15.9 Å². The Morgan fingerprint density at radius 1 is 1.06 bits per heavy atom. The molecule has 0 radical (unpaired) electrons. The number of benzene rings is 2. The number of nitrogens with one attached hydrogen (secondary N) is 2. The van der Waals surface area contributed by atoms with Gasteiger partial charge in [0.15, 0.2) is 5.65 Å². The lowest BCUT2D eigenvalue weighted by Gasteiger charge is -2.17. The molecule has 8 nitrogen and oxygen atoms in total. The lowest BCUT2D eigenvalue weighted by molar-refractivity contribution is 0.478. The van der Waals surface area contributed by atoms with E-state index in [1.165, 1.54) is 12.7 Å². The van der Waals surface area contributed by atoms with Gasteiger partial charge in [-0.05, 0) is 67.4 Å². The van der Waals surface area contributed by atoms with Gasteiger partial charge >= 0.3 is 0 Å². The fourth-order valence-electron chi connectivity index (χ4n) is 4.29. The average Bonchev–Trinajstić information content (AvgIpc) is 3.35. The minimum Gasteiger partial charge on any atom is -0.457 e. The molecule has 2 N–H and O–H groups in total. The SMILES string of the molecule is Cc1cc(Nc2ncnc3ccc(C4=CCNCC4)c(F)c23)ccc1Oc1ccn2ncnc2c1. The van der Waals surface area contributed by atoms with Crippen molar-refractivity contribution in [3.8, 4) is 11.5 Å². The Kier molecular flexibility index (Phi) is 5.31. The van der Waals surface area contributed by atoms with Crippen molar-refractivity contribution in [2.75, 3.05) is 18.4 Å². The van der Waals surface area contributed by atoms with Crippen LogP contribution in [-0.2, 0) is 0 Å². The summed E-state index contributed by atoms with van der Waals surface area (Å²) in [7, 11) is 0. The van der Waals surface area contributed by atoms with Crippen LogP contribution in [0.5, 0.6) is 11.5 Å². The number of halogens is 1. The molecular formula is C26H22FN7O. The number of ether oxygens (including phenoxy) is 1. The van der Waals surface area contributed by atoms with Gasteiger partial charge in [0, 0.05) is 30.1 Å². The van der Waals surface area contributed by atoms with E-state index in [9.17, 15) is 0 Å². The third-order valence-electron chi connectivity index (χ3n) is 6.07. The van der Waals surface area contributed by atoms with Gasteiger partial charge in [-0.2, -0.15) is 5.10 Å². The van der Waals surface area contributed by atoms with Gasteiger partial charge in [0.05, 0.1) is 10.9 Å². The standard InChI is InChI=1S/C26H22FN7O/c1-16-12-18(2-5-22(16)35-19-8-11-34-23(13-19)30-15-32-34)33-26-24-21(29-14-31-26)4-3-20(25(24)27)17-6-9-28-10-7-17/h2-6,8,11-15,28H,7,9-10H2,1H3,(H,29,31,33). The highest BCUT2D eigenvalue weighted by Gasteiger charge is 2.17. The fraction of sp³-hybridized carbons (Fsp3) is 0.154. The molecule has 5 aromatic rings. The van der Waals surface area contributed by atoms with Crippen LogP contribution in [0.1, 0.15) is 17.5 Å². The highest BCUT2D eigenvalue weighted by molar-refractivity contribution is 5.94. The molecule has 0 bridgehead atoms. The molecule has 0 saturated carbocycles. The van der Waals surface area contributed by atoms with Crippen LogP contribution >= 0.6 is 0 Å². The topological polar surface area (TPSA) is 89.3 Å². The van der Waals surface area contributed by atoms with E-state index in [-0.39, 0.29) is 5.82 Å². The summed E-state index contributed by atoms with van der Waals surface area (Å²) in [5.41, 5.74) is 4.54. The van der Waals surface area contributed by atoms with Gasteiger partial charge in [0.2, 0.25) is 0 Å². The van der Waals surface area contributed by atoms with Crippen molar-refractivity contribution in [3.63, 3.8) is 0 Å². The minimum atomic E-state index is -0.306. The van der Waals surface area contributed by atoms with Crippen LogP contribution in [0.3, 0.4) is 0 Å². The fourth-order valence-corrected chi connectivity index (χ4v) is 4.29. The van der Waals surface area contributed by atoms with Crippen molar-refractivity contribution in [2.24, 2.45) is 0 Å². The molecule has 35 heavy (non-hydrogen) atoms. The molecule has 1 aliphatic rings. The number of aromatic nitrogens is 5. The normalized spacial score (nSPS) is 13.7. The van der Waals surface area contributed by atoms with Crippen LogP contribution < -0.4 is 15.4 Å². The summed E-state index contributed by atoms with van der Waals surface area (Å²) < 4.78 is 23.4. The number of rotatable bonds is 5. The number of anilines is 2. The van der Waals surface area contributed by atoms with Crippen LogP contribution in [0.15, 0.2) is 67.4 Å². The molecule has 9 heteroatoms. The van der Waals surface area contributed by atoms with Gasteiger partial charge in [-0.3, -0.25) is 0 Å². The zero-order chi connectivity index (χ0) is 23.8. The summed E-state index contributed by atoms with van der Waals surface area (Å²) in [6.07, 6.45) is 7.55. The lowest BCUT2D eigenvalue weighted by atomic mass is 9.98. The van der Waals surface area contributed by atoms with E-state index in [1.807, 2.05) is 49.4 Å². The molecule has 2 aromatic carbocycles. The molecule has 0 fully saturated rings. The zero-order valence-corrected chi connectivity index (χ0v) is 19.0. The minimum absolute atomic E-state index is 0.306. The maximum Gasteiger partial charge on any atom is 0.158 e. The molecule has 1 aliphatic heterocycles. The monoisotopic (exact) mass is 467 g/mol. The second kappa shape index (κ2) is 8.77. The first-order valence-corrected chi connectivity index (χ1v) is 11.3. The highest BCUT2D eigenvalue weighted by Crippen LogP contribution is 2.33. The van der Waals surface area contributed by atoms with Crippen molar-refractivity contribution in [1.29, 1.82) is 0 Å². The van der Waals surface area contributed by atoms with Crippen LogP contribution in [0.2, 0.25) is 0 Å². The summed E-state index contributed by atoms with van der Waals surface area (Å²) in [5.74, 6) is 1.49. The molecule has 6 rings (SSSR count). The van der Waals surface area contributed by atoms with E-state index in [0.717, 1.165) is 36.3 Å². The Morgan fingerprint density at radius 3 is 2.86 bits per heavy atom. The second-order valence-electron chi connectivity index (χ2n) is 8.36. The Balaban J connectivity index is 1.30. The molecule has 4 heterocycles. The van der Waals surface area contributed by atoms with Crippen LogP contribution in [0, 0.1) is 12.7 Å². The largest absolute Gasteiger partial charge is 0.457 e. The smallest absolute Gasteiger partial charge is 0.158 e. The third-order valence-corrected chi connectivity index (χ3v) is 6.07. The van der Waals surface area contributed by atoms with E-state index < -0.39 is 0 Å². The maximum absolute atomic E-state index is 15.7. The van der Waals surface area contributed by atoms with E-state index in [2.05, 4.69) is 30.7 Å². The van der Waals surface area contributed by atoms with Gasteiger partial charge in [-0.15, -0.1) is 0 Å². The van der Waals surface area contributed by atoms with Crippen molar-refractivity contribution in [3.05, 3.63) is 84.3 Å². The second-order valence-corrected chi connectivity index (χ2v) is 8.36. The van der Waals surface area contributed by atoms with Gasteiger partial charge in [-0.1, -0.05) is 6.08 Å². The maximum atomic E-state index is 15.7. The van der Waals surface area contributed by atoms with Crippen molar-refractivity contribution < 1.29 is 9.13 Å². The Morgan fingerprint density at radius 2 is 2.00 bits per heavy atom. The van der Waals surface area contributed by atoms with E-state index in [0.29, 0.717) is 39.4 Å². The summed E-state index contributed by atoms with van der Waals surface area (Å²) >= 11 is 0. The zero-order valence-electron chi connectivity index (χ0n) is 19.0. The summed E-state index contributed by atoms with van der Waals surface area (Å²) in [5, 5.41) is 11.0. The Labute approximate surface area is 200 Å². The number of aryl methyl sites for hydroxylation is 1. The molecule has 0 amide bonds. The first-order valence-electron chi connectivity index (χ1n) is 11.3. The van der Waals surface area contributed by atoms with Crippen molar-refractivity contribution in [2.45, 2.75) is 13.3 Å². The average molecular weight is 468 g/mol. The lowest BCUT2D eigenvalue weighted by Crippen LogP contribution is -2.20. The first-order chi connectivity index (χ1) is 17.2. The predicted molar refractivity (Wildman–Crippen MR) is 132 cm³/mol. The van der Waals surface area contributed by atoms with Crippen LogP contribution in [-0.4, -0.2) is 37.7 Å². The summed E-state index contributed by atoms with van der Waals surface area (Å²) in [6, 6.07) is 13.0. The molecule has 0 atom stereocenters. The number of hydrogen-bond donors (Lipinski definition) is 2. The quantitative estimate of drug-likeness (QED) is 0.375. The Hall–Kier alpha value is -4.37. The Bertz CT molecular complexity index is 1590. The summed E-state index contributed by atoms with van der Waals surface area (Å²) in [6.45, 7) is 3.53. The van der Waals surface area contributed by atoms with Crippen molar-refractivity contribution >= 4 is 33.6 Å². The molecule has 3 aromatic heterocycles. The molecule has 0 saturated heterocycles. The highest BCUT2D eigenvalue weighted by atomic mass is 19.1. The van der Waals surface area contributed by atoms with Crippen LogP contribution in [0.25, 0.3) is 22.1 Å². The summed E-state index contributed by atoms with van der Waals surface area (Å²) in [4.78, 5) is 12.8. The number of pyridine rings is 1. The molecule has 0 spiro atoms. The van der Waals surface area contributed by atoms with Gasteiger partial charge in [-0.25, -0.2) is 23.9 Å².